The highest BCUT2D eigenvalue weighted by molar-refractivity contribution is 6.05. The van der Waals surface area contributed by atoms with Crippen LogP contribution in [0, 0.1) is 0 Å². The molecule has 0 spiro atoms. The first kappa shape index (κ1) is 16.5. The van der Waals surface area contributed by atoms with Crippen LogP contribution >= 0.6 is 0 Å². The van der Waals surface area contributed by atoms with Gasteiger partial charge in [0.15, 0.2) is 11.5 Å². The summed E-state index contributed by atoms with van der Waals surface area (Å²) < 4.78 is 11.0. The minimum absolute atomic E-state index is 0.241. The van der Waals surface area contributed by atoms with Crippen LogP contribution in [0.4, 0.5) is 0 Å². The molecule has 5 heteroatoms. The van der Waals surface area contributed by atoms with Crippen molar-refractivity contribution in [2.45, 2.75) is 6.92 Å². The topological polar surface area (TPSA) is 78.6 Å². The molecule has 0 unspecified atom stereocenters. The van der Waals surface area contributed by atoms with Crippen LogP contribution in [0.1, 0.15) is 27.6 Å². The lowest BCUT2D eigenvalue weighted by Crippen LogP contribution is -2.13. The summed E-state index contributed by atoms with van der Waals surface area (Å²) in [6.07, 6.45) is 0. The van der Waals surface area contributed by atoms with Gasteiger partial charge < -0.3 is 15.2 Å². The summed E-state index contributed by atoms with van der Waals surface area (Å²) in [5.41, 5.74) is 6.02. The molecule has 0 atom stereocenters. The molecule has 0 aliphatic rings. The molecule has 3 aromatic carbocycles. The van der Waals surface area contributed by atoms with Crippen molar-refractivity contribution in [3.63, 3.8) is 0 Å². The fourth-order valence-electron chi connectivity index (χ4n) is 2.57. The third-order valence-electron chi connectivity index (χ3n) is 3.74. The molecule has 0 saturated carbocycles. The Morgan fingerprint density at radius 2 is 1.72 bits per heavy atom. The van der Waals surface area contributed by atoms with Gasteiger partial charge in [0.1, 0.15) is 0 Å². The van der Waals surface area contributed by atoms with Gasteiger partial charge in [-0.2, -0.15) is 0 Å². The Morgan fingerprint density at radius 3 is 2.48 bits per heavy atom. The highest BCUT2D eigenvalue weighted by atomic mass is 16.6. The van der Waals surface area contributed by atoms with E-state index in [0.717, 1.165) is 10.8 Å². The number of esters is 1. The molecule has 5 nitrogen and oxygen atoms in total. The fraction of sp³-hybridized carbons (Fsp3) is 0.100. The fourth-order valence-corrected chi connectivity index (χ4v) is 2.57. The van der Waals surface area contributed by atoms with Crippen LogP contribution in [0.2, 0.25) is 0 Å². The van der Waals surface area contributed by atoms with Crippen molar-refractivity contribution in [2.75, 3.05) is 6.61 Å². The molecule has 0 saturated heterocycles. The SMILES string of the molecule is CCOc1cc(C(N)=O)ccc1OC(=O)c1cccc2ccccc12. The van der Waals surface area contributed by atoms with Crippen LogP contribution < -0.4 is 15.2 Å². The maximum atomic E-state index is 12.6. The first-order valence-corrected chi connectivity index (χ1v) is 7.86. The number of primary amides is 1. The highest BCUT2D eigenvalue weighted by Gasteiger charge is 2.16. The van der Waals surface area contributed by atoms with E-state index in [4.69, 9.17) is 15.2 Å². The lowest BCUT2D eigenvalue weighted by Gasteiger charge is -2.12. The molecule has 0 aliphatic carbocycles. The number of benzene rings is 3. The van der Waals surface area contributed by atoms with Crippen molar-refractivity contribution in [3.05, 3.63) is 71.8 Å². The van der Waals surface area contributed by atoms with E-state index in [-0.39, 0.29) is 11.3 Å². The number of hydrogen-bond acceptors (Lipinski definition) is 4. The first-order chi connectivity index (χ1) is 12.1. The molecule has 126 valence electrons. The number of carbonyl (C=O) groups excluding carboxylic acids is 2. The third kappa shape index (κ3) is 3.45. The highest BCUT2D eigenvalue weighted by Crippen LogP contribution is 2.30. The van der Waals surface area contributed by atoms with Gasteiger partial charge in [0.25, 0.3) is 0 Å². The maximum absolute atomic E-state index is 12.6. The van der Waals surface area contributed by atoms with Gasteiger partial charge in [-0.15, -0.1) is 0 Å². The summed E-state index contributed by atoms with van der Waals surface area (Å²) in [7, 11) is 0. The van der Waals surface area contributed by atoms with E-state index in [1.807, 2.05) is 30.3 Å². The van der Waals surface area contributed by atoms with E-state index in [9.17, 15) is 9.59 Å². The zero-order valence-electron chi connectivity index (χ0n) is 13.7. The Hall–Kier alpha value is -3.34. The molecule has 0 aliphatic heterocycles. The van der Waals surface area contributed by atoms with Crippen molar-refractivity contribution < 1.29 is 19.1 Å². The molecule has 0 aromatic heterocycles. The molecule has 3 rings (SSSR count). The van der Waals surface area contributed by atoms with Crippen molar-refractivity contribution in [3.8, 4) is 11.5 Å². The standard InChI is InChI=1S/C20H17NO4/c1-2-24-18-12-14(19(21)22)10-11-17(18)25-20(23)16-9-5-7-13-6-3-4-8-15(13)16/h3-12H,2H2,1H3,(H2,21,22). The van der Waals surface area contributed by atoms with E-state index in [1.165, 1.54) is 18.2 Å². The summed E-state index contributed by atoms with van der Waals surface area (Å²) >= 11 is 0. The predicted octanol–water partition coefficient (Wildman–Crippen LogP) is 3.56. The minimum atomic E-state index is -0.576. The van der Waals surface area contributed by atoms with Gasteiger partial charge >= 0.3 is 5.97 Å². The third-order valence-corrected chi connectivity index (χ3v) is 3.74. The summed E-state index contributed by atoms with van der Waals surface area (Å²) in [6, 6.07) is 17.5. The second-order valence-corrected chi connectivity index (χ2v) is 5.38. The number of hydrogen-bond donors (Lipinski definition) is 1. The molecule has 0 heterocycles. The Morgan fingerprint density at radius 1 is 0.960 bits per heavy atom. The average Bonchev–Trinajstić information content (AvgIpc) is 2.62. The van der Waals surface area contributed by atoms with Gasteiger partial charge in [-0.1, -0.05) is 36.4 Å². The molecule has 2 N–H and O–H groups in total. The van der Waals surface area contributed by atoms with E-state index in [1.54, 1.807) is 19.1 Å². The van der Waals surface area contributed by atoms with Crippen LogP contribution in [-0.4, -0.2) is 18.5 Å². The number of fused-ring (bicyclic) bond motifs is 1. The van der Waals surface area contributed by atoms with E-state index in [0.29, 0.717) is 17.9 Å². The monoisotopic (exact) mass is 335 g/mol. The van der Waals surface area contributed by atoms with Gasteiger partial charge in [-0.25, -0.2) is 4.79 Å². The van der Waals surface area contributed by atoms with Crippen LogP contribution in [0.25, 0.3) is 10.8 Å². The number of amides is 1. The van der Waals surface area contributed by atoms with Crippen LogP contribution in [0.5, 0.6) is 11.5 Å². The molecule has 25 heavy (non-hydrogen) atoms. The smallest absolute Gasteiger partial charge is 0.344 e. The number of nitrogens with two attached hydrogens (primary N) is 1. The van der Waals surface area contributed by atoms with Gasteiger partial charge in [0.05, 0.1) is 12.2 Å². The van der Waals surface area contributed by atoms with Crippen LogP contribution in [0.15, 0.2) is 60.7 Å². The normalized spacial score (nSPS) is 10.4. The first-order valence-electron chi connectivity index (χ1n) is 7.86. The lowest BCUT2D eigenvalue weighted by molar-refractivity contribution is 0.0730. The quantitative estimate of drug-likeness (QED) is 0.571. The Bertz CT molecular complexity index is 944. The number of ether oxygens (including phenoxy) is 2. The van der Waals surface area contributed by atoms with Crippen molar-refractivity contribution in [1.82, 2.24) is 0 Å². The Labute approximate surface area is 145 Å². The van der Waals surface area contributed by atoms with E-state index in [2.05, 4.69) is 0 Å². The van der Waals surface area contributed by atoms with Crippen molar-refractivity contribution in [1.29, 1.82) is 0 Å². The van der Waals surface area contributed by atoms with Gasteiger partial charge in [-0.3, -0.25) is 4.79 Å². The molecule has 1 amide bonds. The van der Waals surface area contributed by atoms with E-state index >= 15 is 0 Å². The molecular formula is C20H17NO4. The minimum Gasteiger partial charge on any atom is -0.490 e. The van der Waals surface area contributed by atoms with Crippen molar-refractivity contribution in [2.24, 2.45) is 5.73 Å². The van der Waals surface area contributed by atoms with Gasteiger partial charge in [0.2, 0.25) is 5.91 Å². The van der Waals surface area contributed by atoms with Gasteiger partial charge in [-0.05, 0) is 42.0 Å². The van der Waals surface area contributed by atoms with Gasteiger partial charge in [0, 0.05) is 5.56 Å². The number of rotatable bonds is 5. The molecular weight excluding hydrogens is 318 g/mol. The predicted molar refractivity (Wildman–Crippen MR) is 95.0 cm³/mol. The zero-order valence-corrected chi connectivity index (χ0v) is 13.7. The second-order valence-electron chi connectivity index (χ2n) is 5.38. The van der Waals surface area contributed by atoms with Crippen LogP contribution in [0.3, 0.4) is 0 Å². The second kappa shape index (κ2) is 7.05. The summed E-state index contributed by atoms with van der Waals surface area (Å²) in [5.74, 6) is -0.533. The van der Waals surface area contributed by atoms with E-state index < -0.39 is 11.9 Å². The van der Waals surface area contributed by atoms with Crippen molar-refractivity contribution >= 4 is 22.6 Å². The Kier molecular flexibility index (Phi) is 4.66. The Balaban J connectivity index is 1.96. The average molecular weight is 335 g/mol. The molecule has 3 aromatic rings. The number of carbonyl (C=O) groups is 2. The molecule has 0 radical (unpaired) electrons. The summed E-state index contributed by atoms with van der Waals surface area (Å²) in [5, 5.41) is 1.76. The molecule has 0 bridgehead atoms. The largest absolute Gasteiger partial charge is 0.490 e. The van der Waals surface area contributed by atoms with Crippen LogP contribution in [-0.2, 0) is 0 Å². The maximum Gasteiger partial charge on any atom is 0.344 e. The summed E-state index contributed by atoms with van der Waals surface area (Å²) in [4.78, 5) is 24.0. The zero-order chi connectivity index (χ0) is 17.8. The lowest BCUT2D eigenvalue weighted by atomic mass is 10.0. The summed E-state index contributed by atoms with van der Waals surface area (Å²) in [6.45, 7) is 2.16. The molecule has 0 fully saturated rings.